The molecule has 3 saturated heterocycles. The molecule has 0 spiro atoms. The minimum absolute atomic E-state index is 0.0292. The molecule has 1 aromatic carbocycles. The molecule has 1 aromatic heterocycles. The number of nitrogens with zero attached hydrogens (tertiary/aromatic N) is 2. The van der Waals surface area contributed by atoms with Crippen molar-refractivity contribution in [3.05, 3.63) is 17.2 Å². The lowest BCUT2D eigenvalue weighted by Gasteiger charge is -2.44. The number of rotatable bonds is 4. The van der Waals surface area contributed by atoms with Gasteiger partial charge in [-0.05, 0) is 57.8 Å². The Balaban J connectivity index is 1.63. The van der Waals surface area contributed by atoms with Gasteiger partial charge in [-0.2, -0.15) is 0 Å². The number of ether oxygens (including phenoxy) is 1. The summed E-state index contributed by atoms with van der Waals surface area (Å²) in [7, 11) is 0. The van der Waals surface area contributed by atoms with Gasteiger partial charge in [0.05, 0.1) is 16.5 Å². The van der Waals surface area contributed by atoms with Crippen molar-refractivity contribution in [3.63, 3.8) is 0 Å². The van der Waals surface area contributed by atoms with Crippen LogP contribution in [0.5, 0.6) is 5.75 Å². The largest absolute Gasteiger partial charge is 0.485 e. The van der Waals surface area contributed by atoms with Crippen LogP contribution in [-0.4, -0.2) is 41.8 Å². The fraction of sp³-hybridized carbons (Fsp3) is 0.588. The first kappa shape index (κ1) is 15.1. The molecular formula is C17H22ClN3O2. The third-order valence-electron chi connectivity index (χ3n) is 4.88. The van der Waals surface area contributed by atoms with Gasteiger partial charge in [0.15, 0.2) is 11.6 Å². The lowest BCUT2D eigenvalue weighted by atomic mass is 9.84. The van der Waals surface area contributed by atoms with E-state index in [9.17, 15) is 0 Å². The molecule has 3 fully saturated rings. The molecule has 1 N–H and O–H groups in total. The van der Waals surface area contributed by atoms with Crippen molar-refractivity contribution in [2.75, 3.05) is 25.0 Å². The Kier molecular flexibility index (Phi) is 3.85. The third-order valence-corrected chi connectivity index (χ3v) is 5.18. The molecule has 3 aliphatic heterocycles. The minimum atomic E-state index is 0.0292. The van der Waals surface area contributed by atoms with Gasteiger partial charge in [0.2, 0.25) is 5.58 Å². The summed E-state index contributed by atoms with van der Waals surface area (Å²) in [6, 6.07) is 4.24. The van der Waals surface area contributed by atoms with E-state index in [1.807, 2.05) is 26.0 Å². The van der Waals surface area contributed by atoms with Gasteiger partial charge in [-0.3, -0.25) is 0 Å². The molecule has 0 aliphatic carbocycles. The molecule has 0 amide bonds. The number of halogens is 1. The van der Waals surface area contributed by atoms with Crippen molar-refractivity contribution in [3.8, 4) is 5.75 Å². The number of anilines is 1. The fourth-order valence-corrected chi connectivity index (χ4v) is 3.90. The third kappa shape index (κ3) is 2.76. The number of benzene rings is 1. The molecule has 2 aromatic rings. The van der Waals surface area contributed by atoms with Gasteiger partial charge in [0.1, 0.15) is 0 Å². The molecule has 0 radical (unpaired) electrons. The molecule has 3 aliphatic rings. The lowest BCUT2D eigenvalue weighted by molar-refractivity contribution is 0.0973. The maximum Gasteiger partial charge on any atom is 0.212 e. The van der Waals surface area contributed by atoms with Gasteiger partial charge < -0.3 is 19.5 Å². The van der Waals surface area contributed by atoms with Crippen LogP contribution in [0.15, 0.2) is 16.7 Å². The van der Waals surface area contributed by atoms with E-state index in [0.717, 1.165) is 23.7 Å². The average Bonchev–Trinajstić information content (AvgIpc) is 2.94. The summed E-state index contributed by atoms with van der Waals surface area (Å²) in [5.41, 5.74) is 0.620. The highest BCUT2D eigenvalue weighted by Gasteiger charge is 2.34. The van der Waals surface area contributed by atoms with Crippen molar-refractivity contribution < 1.29 is 9.26 Å². The van der Waals surface area contributed by atoms with Crippen molar-refractivity contribution in [1.82, 2.24) is 10.1 Å². The van der Waals surface area contributed by atoms with Crippen LogP contribution in [0.1, 0.15) is 26.7 Å². The number of aromatic nitrogens is 1. The van der Waals surface area contributed by atoms with E-state index in [1.165, 1.54) is 25.9 Å². The second-order valence-corrected chi connectivity index (χ2v) is 7.25. The Morgan fingerprint density at radius 1 is 1.35 bits per heavy atom. The quantitative estimate of drug-likeness (QED) is 0.921. The van der Waals surface area contributed by atoms with Gasteiger partial charge in [-0.25, -0.2) is 0 Å². The maximum atomic E-state index is 6.26. The predicted octanol–water partition coefficient (Wildman–Crippen LogP) is 3.77. The number of hydrogen-bond acceptors (Lipinski definition) is 5. The van der Waals surface area contributed by atoms with E-state index in [2.05, 4.69) is 15.4 Å². The van der Waals surface area contributed by atoms with Crippen LogP contribution in [0.4, 0.5) is 5.82 Å². The summed E-state index contributed by atoms with van der Waals surface area (Å²) >= 11 is 6.26. The molecule has 6 heteroatoms. The zero-order valence-electron chi connectivity index (χ0n) is 13.5. The molecule has 2 bridgehead atoms. The van der Waals surface area contributed by atoms with Gasteiger partial charge in [0.25, 0.3) is 0 Å². The van der Waals surface area contributed by atoms with E-state index in [0.29, 0.717) is 22.4 Å². The molecule has 1 atom stereocenters. The number of nitrogens with one attached hydrogen (secondary N) is 1. The van der Waals surface area contributed by atoms with Crippen LogP contribution in [0.25, 0.3) is 11.0 Å². The Morgan fingerprint density at radius 3 is 2.78 bits per heavy atom. The first-order chi connectivity index (χ1) is 11.1. The van der Waals surface area contributed by atoms with E-state index in [4.69, 9.17) is 20.9 Å². The van der Waals surface area contributed by atoms with Crippen LogP contribution >= 0.6 is 11.6 Å². The highest BCUT2D eigenvalue weighted by Crippen LogP contribution is 2.38. The van der Waals surface area contributed by atoms with Crippen LogP contribution in [0, 0.1) is 5.92 Å². The highest BCUT2D eigenvalue weighted by atomic mass is 35.5. The standard InChI is InChI=1S/C17H22ClN3O2/c1-10(2)22-16-13(18)4-3-12-15(16)23-20-17(12)19-14-9-21-7-5-11(14)6-8-21/h3-4,10-11,14H,5-9H2,1-2H3,(H,19,20)/t14-/m1/s1. The molecule has 5 nitrogen and oxygen atoms in total. The highest BCUT2D eigenvalue weighted by molar-refractivity contribution is 6.33. The van der Waals surface area contributed by atoms with E-state index in [1.54, 1.807) is 0 Å². The van der Waals surface area contributed by atoms with Crippen LogP contribution in [-0.2, 0) is 0 Å². The Hall–Kier alpha value is -1.46. The van der Waals surface area contributed by atoms with Gasteiger partial charge in [-0.1, -0.05) is 16.8 Å². The molecule has 124 valence electrons. The van der Waals surface area contributed by atoms with E-state index in [-0.39, 0.29) is 6.10 Å². The summed E-state index contributed by atoms with van der Waals surface area (Å²) in [6.45, 7) is 7.48. The van der Waals surface area contributed by atoms with Crippen LogP contribution < -0.4 is 10.1 Å². The molecule has 0 unspecified atom stereocenters. The Morgan fingerprint density at radius 2 is 2.13 bits per heavy atom. The van der Waals surface area contributed by atoms with Crippen molar-refractivity contribution in [2.45, 2.75) is 38.8 Å². The number of hydrogen-bond donors (Lipinski definition) is 1. The number of fused-ring (bicyclic) bond motifs is 4. The van der Waals surface area contributed by atoms with E-state index >= 15 is 0 Å². The fourth-order valence-electron chi connectivity index (χ4n) is 3.71. The van der Waals surface area contributed by atoms with Gasteiger partial charge in [-0.15, -0.1) is 0 Å². The Bertz CT molecular complexity index is 707. The topological polar surface area (TPSA) is 50.5 Å². The molecule has 5 rings (SSSR count). The predicted molar refractivity (Wildman–Crippen MR) is 91.4 cm³/mol. The Labute approximate surface area is 140 Å². The second kappa shape index (κ2) is 5.87. The smallest absolute Gasteiger partial charge is 0.212 e. The van der Waals surface area contributed by atoms with Crippen LogP contribution in [0.3, 0.4) is 0 Å². The minimum Gasteiger partial charge on any atom is -0.485 e. The first-order valence-corrected chi connectivity index (χ1v) is 8.73. The van der Waals surface area contributed by atoms with Gasteiger partial charge >= 0.3 is 0 Å². The SMILES string of the molecule is CC(C)Oc1c(Cl)ccc2c(N[C@@H]3CN4CCC3CC4)noc12. The van der Waals surface area contributed by atoms with Crippen LogP contribution in [0.2, 0.25) is 5.02 Å². The second-order valence-electron chi connectivity index (χ2n) is 6.84. The summed E-state index contributed by atoms with van der Waals surface area (Å²) in [6.07, 6.45) is 2.56. The summed E-state index contributed by atoms with van der Waals surface area (Å²) in [5.74, 6) is 2.10. The van der Waals surface area contributed by atoms with Crippen molar-refractivity contribution in [1.29, 1.82) is 0 Å². The van der Waals surface area contributed by atoms with E-state index < -0.39 is 0 Å². The van der Waals surface area contributed by atoms with Gasteiger partial charge in [0, 0.05) is 12.6 Å². The summed E-state index contributed by atoms with van der Waals surface area (Å²) < 4.78 is 11.4. The first-order valence-electron chi connectivity index (χ1n) is 8.35. The zero-order valence-corrected chi connectivity index (χ0v) is 14.3. The zero-order chi connectivity index (χ0) is 16.0. The normalized spacial score (nSPS) is 26.9. The maximum absolute atomic E-state index is 6.26. The monoisotopic (exact) mass is 335 g/mol. The number of piperidine rings is 3. The molecule has 23 heavy (non-hydrogen) atoms. The van der Waals surface area contributed by atoms with Crippen molar-refractivity contribution in [2.24, 2.45) is 5.92 Å². The molecule has 0 saturated carbocycles. The molecular weight excluding hydrogens is 314 g/mol. The average molecular weight is 336 g/mol. The lowest BCUT2D eigenvalue weighted by Crippen LogP contribution is -2.53. The molecule has 4 heterocycles. The summed E-state index contributed by atoms with van der Waals surface area (Å²) in [4.78, 5) is 2.52. The van der Waals surface area contributed by atoms with Crippen molar-refractivity contribution >= 4 is 28.4 Å². The summed E-state index contributed by atoms with van der Waals surface area (Å²) in [5, 5.41) is 9.31.